The van der Waals surface area contributed by atoms with Gasteiger partial charge in [-0.05, 0) is 70.6 Å². The Labute approximate surface area is 322 Å². The van der Waals surface area contributed by atoms with Gasteiger partial charge in [0.25, 0.3) is 0 Å². The van der Waals surface area contributed by atoms with E-state index in [1.807, 2.05) is 55.5 Å². The Bertz CT molecular complexity index is 1100. The Kier molecular flexibility index (Phi) is 35.9. The molecule has 0 saturated carbocycles. The van der Waals surface area contributed by atoms with Crippen molar-refractivity contribution in [2.45, 2.75) is 174 Å². The molecular formula is C43H73O9P. The molecule has 0 rings (SSSR count). The molecule has 0 aromatic carbocycles. The number of allylic oxidation sites excluding steroid dienone is 10. The molecule has 0 aliphatic carbocycles. The molecule has 0 aliphatic heterocycles. The number of rotatable bonds is 36. The van der Waals surface area contributed by atoms with Crippen molar-refractivity contribution >= 4 is 19.8 Å². The number of phosphoric ester groups is 1. The van der Waals surface area contributed by atoms with E-state index in [4.69, 9.17) is 19.3 Å². The van der Waals surface area contributed by atoms with Crippen molar-refractivity contribution in [2.75, 3.05) is 13.2 Å². The van der Waals surface area contributed by atoms with Crippen LogP contribution in [-0.2, 0) is 28.2 Å². The third kappa shape index (κ3) is 40.5. The topological polar surface area (TPSA) is 140 Å². The molecule has 0 aliphatic rings. The molecule has 9 nitrogen and oxygen atoms in total. The number of ether oxygens (including phenoxy) is 2. The molecule has 0 radical (unpaired) electrons. The maximum absolute atomic E-state index is 12.4. The number of carbonyl (C=O) groups is 2. The molecule has 0 saturated heterocycles. The number of phosphoric acid groups is 1. The van der Waals surface area contributed by atoms with E-state index in [0.717, 1.165) is 44.9 Å². The van der Waals surface area contributed by atoms with Crippen molar-refractivity contribution < 1.29 is 43.0 Å². The van der Waals surface area contributed by atoms with Crippen LogP contribution in [0.5, 0.6) is 0 Å². The summed E-state index contributed by atoms with van der Waals surface area (Å²) < 4.78 is 26.3. The van der Waals surface area contributed by atoms with Crippen molar-refractivity contribution in [3.05, 3.63) is 72.9 Å². The van der Waals surface area contributed by atoms with Crippen LogP contribution in [0, 0.1) is 0 Å². The van der Waals surface area contributed by atoms with E-state index < -0.39 is 38.6 Å². The average molecular weight is 765 g/mol. The zero-order chi connectivity index (χ0) is 39.1. The zero-order valence-electron chi connectivity index (χ0n) is 33.0. The smallest absolute Gasteiger partial charge is 0.462 e. The minimum Gasteiger partial charge on any atom is -0.462 e. The first-order chi connectivity index (χ1) is 25.7. The molecule has 0 aromatic heterocycles. The first kappa shape index (κ1) is 50.5. The van der Waals surface area contributed by atoms with E-state index >= 15 is 0 Å². The highest BCUT2D eigenvalue weighted by Gasteiger charge is 2.22. The van der Waals surface area contributed by atoms with Crippen LogP contribution in [0.3, 0.4) is 0 Å². The van der Waals surface area contributed by atoms with Gasteiger partial charge in [-0.1, -0.05) is 151 Å². The second-order valence-electron chi connectivity index (χ2n) is 13.4. The quantitative estimate of drug-likeness (QED) is 0.0187. The number of carbonyl (C=O) groups excluding carboxylic acids is 2. The Balaban J connectivity index is 4.08. The summed E-state index contributed by atoms with van der Waals surface area (Å²) in [7, 11) is -4.78. The Morgan fingerprint density at radius 2 is 1.13 bits per heavy atom. The fraction of sp³-hybridized carbons (Fsp3) is 0.674. The van der Waals surface area contributed by atoms with Crippen molar-refractivity contribution in [3.8, 4) is 0 Å². The molecule has 53 heavy (non-hydrogen) atoms. The predicted molar refractivity (Wildman–Crippen MR) is 217 cm³/mol. The number of hydrogen-bond acceptors (Lipinski definition) is 7. The van der Waals surface area contributed by atoms with Crippen LogP contribution in [-0.4, -0.2) is 52.3 Å². The Hall–Kier alpha value is -2.55. The molecule has 304 valence electrons. The lowest BCUT2D eigenvalue weighted by molar-refractivity contribution is -0.161. The first-order valence-corrected chi connectivity index (χ1v) is 21.9. The molecular weight excluding hydrogens is 691 g/mol. The van der Waals surface area contributed by atoms with Crippen molar-refractivity contribution in [1.29, 1.82) is 0 Å². The highest BCUT2D eigenvalue weighted by atomic mass is 31.2. The molecule has 10 heteroatoms. The van der Waals surface area contributed by atoms with Gasteiger partial charge in [-0.3, -0.25) is 14.1 Å². The Morgan fingerprint density at radius 1 is 0.604 bits per heavy atom. The van der Waals surface area contributed by atoms with Gasteiger partial charge in [0, 0.05) is 12.8 Å². The molecule has 0 fully saturated rings. The third-order valence-electron chi connectivity index (χ3n) is 8.28. The number of unbranched alkanes of at least 4 members (excludes halogenated alkanes) is 14. The maximum Gasteiger partial charge on any atom is 0.469 e. The zero-order valence-corrected chi connectivity index (χ0v) is 33.9. The molecule has 3 N–H and O–H groups in total. The summed E-state index contributed by atoms with van der Waals surface area (Å²) in [6, 6.07) is 0. The molecule has 0 heterocycles. The van der Waals surface area contributed by atoms with Crippen molar-refractivity contribution in [3.63, 3.8) is 0 Å². The van der Waals surface area contributed by atoms with Gasteiger partial charge in [-0.25, -0.2) is 4.57 Å². The van der Waals surface area contributed by atoms with Gasteiger partial charge in [0.2, 0.25) is 0 Å². The van der Waals surface area contributed by atoms with Gasteiger partial charge < -0.3 is 24.4 Å². The molecule has 0 spiro atoms. The summed E-state index contributed by atoms with van der Waals surface area (Å²) in [5.41, 5.74) is 0. The van der Waals surface area contributed by atoms with Crippen molar-refractivity contribution in [1.82, 2.24) is 0 Å². The van der Waals surface area contributed by atoms with E-state index in [1.54, 1.807) is 0 Å². The van der Waals surface area contributed by atoms with E-state index in [1.165, 1.54) is 64.2 Å². The molecule has 0 bridgehead atoms. The summed E-state index contributed by atoms with van der Waals surface area (Å²) in [6.07, 6.45) is 45.4. The first-order valence-electron chi connectivity index (χ1n) is 20.3. The SMILES string of the molecule is CC/C=C\C(O)C/C=C/C=C\C/C=C\C/C=C\CCCC(=O)O[C@H](COC(=O)CCCCCCCCC/C=C\CCCCCCCC)COP(=O)(O)O. The van der Waals surface area contributed by atoms with Crippen molar-refractivity contribution in [2.24, 2.45) is 0 Å². The fourth-order valence-electron chi connectivity index (χ4n) is 5.25. The molecule has 0 aromatic rings. The second kappa shape index (κ2) is 37.8. The van der Waals surface area contributed by atoms with Crippen LogP contribution >= 0.6 is 7.82 Å². The van der Waals surface area contributed by atoms with Crippen LogP contribution in [0.25, 0.3) is 0 Å². The summed E-state index contributed by atoms with van der Waals surface area (Å²) >= 11 is 0. The minimum absolute atomic E-state index is 0.112. The summed E-state index contributed by atoms with van der Waals surface area (Å²) in [4.78, 5) is 42.8. The van der Waals surface area contributed by atoms with Crippen LogP contribution in [0.2, 0.25) is 0 Å². The second-order valence-corrected chi connectivity index (χ2v) is 14.7. The molecule has 2 atom stereocenters. The van der Waals surface area contributed by atoms with Crippen LogP contribution in [0.4, 0.5) is 0 Å². The van der Waals surface area contributed by atoms with E-state index in [9.17, 15) is 19.3 Å². The number of esters is 2. The lowest BCUT2D eigenvalue weighted by atomic mass is 10.1. The van der Waals surface area contributed by atoms with Crippen LogP contribution in [0.15, 0.2) is 72.9 Å². The minimum atomic E-state index is -4.78. The lowest BCUT2D eigenvalue weighted by Crippen LogP contribution is -2.29. The third-order valence-corrected chi connectivity index (χ3v) is 8.77. The van der Waals surface area contributed by atoms with Gasteiger partial charge in [0.1, 0.15) is 6.61 Å². The predicted octanol–water partition coefficient (Wildman–Crippen LogP) is 11.3. The standard InChI is InChI=1S/C43H73O9P/c1-3-5-7-8-9-10-11-12-13-14-15-16-20-23-26-29-32-36-42(45)50-38-41(39-51-53(47,48)49)52-43(46)37-33-30-27-24-21-18-17-19-22-25-28-31-35-40(44)34-6-4-2/h6,12-13,17-18,22,24-25,27-28,31,34,40-41,44H,3-5,7-11,14-16,19-21,23,26,29-30,32-33,35-39H2,1-2H3,(H2,47,48,49)/b13-12-,18-17-,25-22-,27-24-,31-28+,34-6-/t40?,41-/m1/s1. The number of aliphatic hydroxyl groups is 1. The summed E-state index contributed by atoms with van der Waals surface area (Å²) in [5, 5.41) is 9.74. The fourth-order valence-corrected chi connectivity index (χ4v) is 5.61. The van der Waals surface area contributed by atoms with Gasteiger partial charge in [-0.2, -0.15) is 0 Å². The van der Waals surface area contributed by atoms with E-state index in [-0.39, 0.29) is 19.4 Å². The maximum atomic E-state index is 12.4. The highest BCUT2D eigenvalue weighted by molar-refractivity contribution is 7.46. The number of aliphatic hydroxyl groups excluding tert-OH is 1. The average Bonchev–Trinajstić information content (AvgIpc) is 3.12. The largest absolute Gasteiger partial charge is 0.469 e. The van der Waals surface area contributed by atoms with Gasteiger partial charge in [0.05, 0.1) is 12.7 Å². The molecule has 0 amide bonds. The van der Waals surface area contributed by atoms with Gasteiger partial charge in [0.15, 0.2) is 6.10 Å². The van der Waals surface area contributed by atoms with Crippen LogP contribution in [0.1, 0.15) is 162 Å². The van der Waals surface area contributed by atoms with E-state index in [2.05, 4.69) is 35.8 Å². The van der Waals surface area contributed by atoms with Gasteiger partial charge in [-0.15, -0.1) is 0 Å². The summed E-state index contributed by atoms with van der Waals surface area (Å²) in [6.45, 7) is 3.38. The van der Waals surface area contributed by atoms with E-state index in [0.29, 0.717) is 25.7 Å². The normalized spacial score (nSPS) is 13.8. The van der Waals surface area contributed by atoms with Crippen LogP contribution < -0.4 is 0 Å². The summed E-state index contributed by atoms with van der Waals surface area (Å²) in [5.74, 6) is -0.987. The molecule has 1 unspecified atom stereocenters. The Morgan fingerprint density at radius 3 is 1.77 bits per heavy atom. The lowest BCUT2D eigenvalue weighted by Gasteiger charge is -2.18. The van der Waals surface area contributed by atoms with Gasteiger partial charge >= 0.3 is 19.8 Å². The monoisotopic (exact) mass is 764 g/mol. The highest BCUT2D eigenvalue weighted by Crippen LogP contribution is 2.36. The number of hydrogen-bond donors (Lipinski definition) is 3.